The van der Waals surface area contributed by atoms with Gasteiger partial charge in [0.15, 0.2) is 0 Å². The van der Waals surface area contributed by atoms with E-state index in [1.165, 1.54) is 5.56 Å². The van der Waals surface area contributed by atoms with Crippen molar-refractivity contribution in [2.75, 3.05) is 33.3 Å². The average Bonchev–Trinajstić information content (AvgIpc) is 2.88. The molecule has 0 saturated carbocycles. The highest BCUT2D eigenvalue weighted by molar-refractivity contribution is 5.76. The van der Waals surface area contributed by atoms with Gasteiger partial charge in [-0.05, 0) is 43.4 Å². The van der Waals surface area contributed by atoms with Gasteiger partial charge >= 0.3 is 6.03 Å². The summed E-state index contributed by atoms with van der Waals surface area (Å²) in [6, 6.07) is 7.74. The summed E-state index contributed by atoms with van der Waals surface area (Å²) in [6.45, 7) is 2.49. The summed E-state index contributed by atoms with van der Waals surface area (Å²) in [5, 5.41) is 0. The number of carbonyl (C=O) groups is 2. The molecule has 1 heterocycles. The van der Waals surface area contributed by atoms with E-state index in [-0.39, 0.29) is 5.91 Å². The second-order valence-electron chi connectivity index (χ2n) is 6.47. The van der Waals surface area contributed by atoms with Gasteiger partial charge in [-0.25, -0.2) is 4.79 Å². The normalized spacial score (nSPS) is 14.9. The smallest absolute Gasteiger partial charge is 0.314 e. The molecule has 1 saturated heterocycles. The summed E-state index contributed by atoms with van der Waals surface area (Å²) in [6.07, 6.45) is 5.43. The van der Waals surface area contributed by atoms with Crippen molar-refractivity contribution < 1.29 is 14.3 Å². The van der Waals surface area contributed by atoms with Crippen LogP contribution in [0.15, 0.2) is 24.3 Å². The quantitative estimate of drug-likeness (QED) is 0.770. The predicted octanol–water partition coefficient (Wildman–Crippen LogP) is 2.41. The lowest BCUT2D eigenvalue weighted by atomic mass is 10.1. The fourth-order valence-electron chi connectivity index (χ4n) is 3.12. The van der Waals surface area contributed by atoms with Crippen LogP contribution in [-0.4, -0.2) is 55.0 Å². The summed E-state index contributed by atoms with van der Waals surface area (Å²) >= 11 is 0. The molecule has 0 aliphatic carbocycles. The highest BCUT2D eigenvalue weighted by atomic mass is 16.5. The van der Waals surface area contributed by atoms with E-state index in [4.69, 9.17) is 10.5 Å². The number of carbonyl (C=O) groups excluding carboxylic acids is 2. The lowest BCUT2D eigenvalue weighted by molar-refractivity contribution is -0.131. The molecule has 1 aliphatic rings. The average molecular weight is 347 g/mol. The molecule has 0 spiro atoms. The van der Waals surface area contributed by atoms with Crippen molar-refractivity contribution in [2.45, 2.75) is 38.5 Å². The van der Waals surface area contributed by atoms with Gasteiger partial charge in [-0.1, -0.05) is 18.6 Å². The molecule has 0 unspecified atom stereocenters. The maximum atomic E-state index is 12.3. The number of amides is 3. The van der Waals surface area contributed by atoms with Crippen molar-refractivity contribution in [2.24, 2.45) is 5.73 Å². The highest BCUT2D eigenvalue weighted by Crippen LogP contribution is 2.14. The van der Waals surface area contributed by atoms with Crippen LogP contribution in [0.5, 0.6) is 5.75 Å². The van der Waals surface area contributed by atoms with Crippen LogP contribution in [0.1, 0.15) is 37.7 Å². The number of unbranched alkanes of at least 4 members (excludes halogenated alkanes) is 2. The lowest BCUT2D eigenvalue weighted by Gasteiger charge is -2.21. The van der Waals surface area contributed by atoms with Gasteiger partial charge in [-0.15, -0.1) is 0 Å². The molecule has 3 amide bonds. The predicted molar refractivity (Wildman–Crippen MR) is 97.5 cm³/mol. The summed E-state index contributed by atoms with van der Waals surface area (Å²) in [4.78, 5) is 27.0. The second-order valence-corrected chi connectivity index (χ2v) is 6.47. The fourth-order valence-corrected chi connectivity index (χ4v) is 3.12. The number of hydrogen-bond donors (Lipinski definition) is 1. The van der Waals surface area contributed by atoms with E-state index in [0.29, 0.717) is 32.6 Å². The monoisotopic (exact) mass is 347 g/mol. The number of nitrogens with two attached hydrogens (primary N) is 1. The molecule has 1 aromatic rings. The molecule has 6 heteroatoms. The van der Waals surface area contributed by atoms with Crippen molar-refractivity contribution in [1.29, 1.82) is 0 Å². The third-order valence-corrected chi connectivity index (χ3v) is 4.68. The van der Waals surface area contributed by atoms with Gasteiger partial charge in [0.1, 0.15) is 5.75 Å². The third-order valence-electron chi connectivity index (χ3n) is 4.68. The second kappa shape index (κ2) is 9.91. The Bertz CT molecular complexity index is 560. The first kappa shape index (κ1) is 19.1. The van der Waals surface area contributed by atoms with Crippen LogP contribution in [0.25, 0.3) is 0 Å². The number of nitrogens with zero attached hydrogens (tertiary/aromatic N) is 2. The molecule has 138 valence electrons. The number of aryl methyl sites for hydroxylation is 1. The zero-order valence-corrected chi connectivity index (χ0v) is 15.1. The summed E-state index contributed by atoms with van der Waals surface area (Å²) in [5.74, 6) is 1.07. The molecule has 0 aromatic heterocycles. The maximum absolute atomic E-state index is 12.3. The Morgan fingerprint density at radius 3 is 2.36 bits per heavy atom. The third kappa shape index (κ3) is 6.29. The minimum atomic E-state index is -0.396. The van der Waals surface area contributed by atoms with Crippen LogP contribution in [0.3, 0.4) is 0 Å². The largest absolute Gasteiger partial charge is 0.497 e. The number of rotatable bonds is 7. The summed E-state index contributed by atoms with van der Waals surface area (Å²) < 4.78 is 5.15. The van der Waals surface area contributed by atoms with Crippen molar-refractivity contribution in [3.63, 3.8) is 0 Å². The molecule has 0 bridgehead atoms. The summed E-state index contributed by atoms with van der Waals surface area (Å²) in [5.41, 5.74) is 6.61. The van der Waals surface area contributed by atoms with Crippen molar-refractivity contribution in [1.82, 2.24) is 9.80 Å². The Balaban J connectivity index is 1.62. The number of methoxy groups -OCH3 is 1. The highest BCUT2D eigenvalue weighted by Gasteiger charge is 2.20. The van der Waals surface area contributed by atoms with Crippen LogP contribution >= 0.6 is 0 Å². The topological polar surface area (TPSA) is 75.9 Å². The van der Waals surface area contributed by atoms with Crippen LogP contribution < -0.4 is 10.5 Å². The molecule has 25 heavy (non-hydrogen) atoms. The standard InChI is InChI=1S/C19H29N3O3/c1-25-17-10-8-16(9-11-17)6-3-2-4-7-18(23)21-12-5-13-22(15-14-21)19(20)24/h8-11H,2-7,12-15H2,1H3,(H2,20,24). The van der Waals surface area contributed by atoms with Gasteiger partial charge in [0.2, 0.25) is 5.91 Å². The van der Waals surface area contributed by atoms with Gasteiger partial charge in [0.25, 0.3) is 0 Å². The van der Waals surface area contributed by atoms with Gasteiger partial charge in [0.05, 0.1) is 7.11 Å². The van der Waals surface area contributed by atoms with Crippen LogP contribution in [0, 0.1) is 0 Å². The number of benzene rings is 1. The number of ether oxygens (including phenoxy) is 1. The van der Waals surface area contributed by atoms with Gasteiger partial charge in [-0.3, -0.25) is 4.79 Å². The first-order chi connectivity index (χ1) is 12.1. The lowest BCUT2D eigenvalue weighted by Crippen LogP contribution is -2.39. The van der Waals surface area contributed by atoms with E-state index in [2.05, 4.69) is 12.1 Å². The first-order valence-corrected chi connectivity index (χ1v) is 9.05. The molecule has 0 radical (unpaired) electrons. The zero-order chi connectivity index (χ0) is 18.1. The van der Waals surface area contributed by atoms with E-state index in [1.54, 1.807) is 12.0 Å². The molecule has 1 aromatic carbocycles. The molecule has 1 aliphatic heterocycles. The van der Waals surface area contributed by atoms with Crippen LogP contribution in [0.2, 0.25) is 0 Å². The Labute approximate surface area is 149 Å². The SMILES string of the molecule is COc1ccc(CCCCCC(=O)N2CCCN(C(N)=O)CC2)cc1. The van der Waals surface area contributed by atoms with Crippen molar-refractivity contribution in [3.05, 3.63) is 29.8 Å². The zero-order valence-electron chi connectivity index (χ0n) is 15.1. The molecular formula is C19H29N3O3. The Morgan fingerprint density at radius 2 is 1.68 bits per heavy atom. The van der Waals surface area contributed by atoms with Crippen molar-refractivity contribution >= 4 is 11.9 Å². The summed E-state index contributed by atoms with van der Waals surface area (Å²) in [7, 11) is 1.67. The number of hydrogen-bond acceptors (Lipinski definition) is 3. The molecule has 6 nitrogen and oxygen atoms in total. The van der Waals surface area contributed by atoms with E-state index >= 15 is 0 Å². The number of primary amides is 1. The molecule has 1 fully saturated rings. The van der Waals surface area contributed by atoms with E-state index in [0.717, 1.165) is 37.9 Å². The molecule has 0 atom stereocenters. The Hall–Kier alpha value is -2.24. The van der Waals surface area contributed by atoms with E-state index < -0.39 is 6.03 Å². The van der Waals surface area contributed by atoms with E-state index in [1.807, 2.05) is 17.0 Å². The molecule has 2 rings (SSSR count). The molecular weight excluding hydrogens is 318 g/mol. The Morgan fingerprint density at radius 1 is 1.00 bits per heavy atom. The minimum Gasteiger partial charge on any atom is -0.497 e. The number of urea groups is 1. The van der Waals surface area contributed by atoms with Crippen LogP contribution in [-0.2, 0) is 11.2 Å². The van der Waals surface area contributed by atoms with Crippen LogP contribution in [0.4, 0.5) is 4.79 Å². The van der Waals surface area contributed by atoms with Gasteiger partial charge in [-0.2, -0.15) is 0 Å². The van der Waals surface area contributed by atoms with E-state index in [9.17, 15) is 9.59 Å². The molecule has 2 N–H and O–H groups in total. The minimum absolute atomic E-state index is 0.191. The fraction of sp³-hybridized carbons (Fsp3) is 0.579. The Kier molecular flexibility index (Phi) is 7.57. The maximum Gasteiger partial charge on any atom is 0.314 e. The van der Waals surface area contributed by atoms with Crippen molar-refractivity contribution in [3.8, 4) is 5.75 Å². The first-order valence-electron chi connectivity index (χ1n) is 9.05. The van der Waals surface area contributed by atoms with Gasteiger partial charge < -0.3 is 20.3 Å². The van der Waals surface area contributed by atoms with Gasteiger partial charge in [0, 0.05) is 32.6 Å².